The second-order valence-corrected chi connectivity index (χ2v) is 6.61. The number of amides is 1. The maximum absolute atomic E-state index is 12.7. The highest BCUT2D eigenvalue weighted by atomic mass is 32.1. The van der Waals surface area contributed by atoms with Crippen LogP contribution in [0.2, 0.25) is 0 Å². The number of aromatic nitrogens is 2. The molecule has 1 N–H and O–H groups in total. The summed E-state index contributed by atoms with van der Waals surface area (Å²) in [7, 11) is 0. The van der Waals surface area contributed by atoms with E-state index in [2.05, 4.69) is 16.5 Å². The van der Waals surface area contributed by atoms with Crippen LogP contribution in [0, 0.1) is 0 Å². The summed E-state index contributed by atoms with van der Waals surface area (Å²) in [5.41, 5.74) is 1.06. The Bertz CT molecular complexity index is 704. The van der Waals surface area contributed by atoms with E-state index < -0.39 is 0 Å². The largest absolute Gasteiger partial charge is 0.353 e. The van der Waals surface area contributed by atoms with Crippen LogP contribution in [0.3, 0.4) is 0 Å². The Hall–Kier alpha value is -2.40. The molecule has 1 amide bonds. The van der Waals surface area contributed by atoms with Gasteiger partial charge in [-0.05, 0) is 29.5 Å². The average Bonchev–Trinajstić information content (AvgIpc) is 3.31. The van der Waals surface area contributed by atoms with E-state index in [0.29, 0.717) is 6.54 Å². The quantitative estimate of drug-likeness (QED) is 0.711. The Labute approximate surface area is 146 Å². The van der Waals surface area contributed by atoms with E-state index in [-0.39, 0.29) is 17.9 Å². The molecular formula is C19H21N3OS. The van der Waals surface area contributed by atoms with Crippen molar-refractivity contribution in [1.29, 1.82) is 0 Å². The van der Waals surface area contributed by atoms with Crippen molar-refractivity contribution in [3.63, 3.8) is 0 Å². The monoisotopic (exact) mass is 339 g/mol. The fourth-order valence-corrected chi connectivity index (χ4v) is 3.67. The lowest BCUT2D eigenvalue weighted by atomic mass is 9.95. The summed E-state index contributed by atoms with van der Waals surface area (Å²) in [5, 5.41) is 9.51. The predicted octanol–water partition coefficient (Wildman–Crippen LogP) is 3.84. The topological polar surface area (TPSA) is 46.9 Å². The van der Waals surface area contributed by atoms with Crippen LogP contribution in [0.25, 0.3) is 0 Å². The van der Waals surface area contributed by atoms with Crippen LogP contribution in [0.1, 0.15) is 35.7 Å². The normalized spacial score (nSPS) is 13.4. The first kappa shape index (κ1) is 16.5. The van der Waals surface area contributed by atoms with Crippen LogP contribution in [-0.4, -0.2) is 22.2 Å². The first-order chi connectivity index (χ1) is 11.8. The van der Waals surface area contributed by atoms with Gasteiger partial charge < -0.3 is 5.32 Å². The van der Waals surface area contributed by atoms with E-state index in [0.717, 1.165) is 12.0 Å². The fourth-order valence-electron chi connectivity index (χ4n) is 2.85. The molecule has 0 spiro atoms. The number of carbonyl (C=O) groups is 1. The number of rotatable bonds is 7. The SMILES string of the molecule is CC[C@H](C(=O)NC[C@H](c1cccs1)n1cccn1)c1ccccc1. The van der Waals surface area contributed by atoms with Gasteiger partial charge in [0.25, 0.3) is 0 Å². The molecule has 1 aromatic carbocycles. The second-order valence-electron chi connectivity index (χ2n) is 5.63. The third kappa shape index (κ3) is 3.74. The summed E-state index contributed by atoms with van der Waals surface area (Å²) in [4.78, 5) is 13.9. The minimum Gasteiger partial charge on any atom is -0.353 e. The molecular weight excluding hydrogens is 318 g/mol. The van der Waals surface area contributed by atoms with Crippen molar-refractivity contribution < 1.29 is 4.79 Å². The molecule has 0 aliphatic rings. The maximum Gasteiger partial charge on any atom is 0.227 e. The van der Waals surface area contributed by atoms with Gasteiger partial charge in [-0.25, -0.2) is 0 Å². The van der Waals surface area contributed by atoms with Crippen LogP contribution in [-0.2, 0) is 4.79 Å². The molecule has 0 saturated carbocycles. The highest BCUT2D eigenvalue weighted by Crippen LogP contribution is 2.23. The molecule has 2 aromatic heterocycles. The molecule has 4 nitrogen and oxygen atoms in total. The van der Waals surface area contributed by atoms with Crippen molar-refractivity contribution in [3.05, 3.63) is 76.7 Å². The summed E-state index contributed by atoms with van der Waals surface area (Å²) in [6, 6.07) is 16.0. The van der Waals surface area contributed by atoms with Crippen molar-refractivity contribution in [2.24, 2.45) is 0 Å². The second kappa shape index (κ2) is 7.93. The minimum atomic E-state index is -0.118. The average molecular weight is 339 g/mol. The smallest absolute Gasteiger partial charge is 0.227 e. The predicted molar refractivity (Wildman–Crippen MR) is 97.2 cm³/mol. The minimum absolute atomic E-state index is 0.0252. The first-order valence-electron chi connectivity index (χ1n) is 8.14. The number of nitrogens with zero attached hydrogens (tertiary/aromatic N) is 2. The highest BCUT2D eigenvalue weighted by Gasteiger charge is 2.21. The van der Waals surface area contributed by atoms with Crippen molar-refractivity contribution in [1.82, 2.24) is 15.1 Å². The molecule has 0 saturated heterocycles. The number of thiophene rings is 1. The van der Waals surface area contributed by atoms with Crippen molar-refractivity contribution in [2.45, 2.75) is 25.3 Å². The fraction of sp³-hybridized carbons (Fsp3) is 0.263. The van der Waals surface area contributed by atoms with E-state index in [1.54, 1.807) is 17.5 Å². The van der Waals surface area contributed by atoms with Crippen LogP contribution in [0.4, 0.5) is 0 Å². The molecule has 124 valence electrons. The van der Waals surface area contributed by atoms with Gasteiger partial charge in [0.05, 0.1) is 5.92 Å². The van der Waals surface area contributed by atoms with Crippen LogP contribution >= 0.6 is 11.3 Å². The zero-order valence-corrected chi connectivity index (χ0v) is 14.4. The standard InChI is InChI=1S/C19H21N3OS/c1-2-16(15-8-4-3-5-9-15)19(23)20-14-17(18-10-6-13-24-18)22-12-7-11-21-22/h3-13,16-17H,2,14H2,1H3,(H,20,23)/t16-,17+/m0/s1. The molecule has 2 atom stereocenters. The summed E-state index contributed by atoms with van der Waals surface area (Å²) < 4.78 is 1.90. The van der Waals surface area contributed by atoms with Gasteiger partial charge in [-0.15, -0.1) is 11.3 Å². The van der Waals surface area contributed by atoms with Crippen LogP contribution < -0.4 is 5.32 Å². The van der Waals surface area contributed by atoms with E-state index in [9.17, 15) is 4.79 Å². The lowest BCUT2D eigenvalue weighted by molar-refractivity contribution is -0.122. The van der Waals surface area contributed by atoms with Crippen molar-refractivity contribution in [2.75, 3.05) is 6.54 Å². The molecule has 0 bridgehead atoms. The van der Waals surface area contributed by atoms with Gasteiger partial charge in [0.2, 0.25) is 5.91 Å². The Morgan fingerprint density at radius 1 is 1.21 bits per heavy atom. The third-order valence-electron chi connectivity index (χ3n) is 4.11. The first-order valence-corrected chi connectivity index (χ1v) is 9.02. The molecule has 0 unspecified atom stereocenters. The van der Waals surface area contributed by atoms with Gasteiger partial charge in [0, 0.05) is 23.8 Å². The molecule has 2 heterocycles. The lowest BCUT2D eigenvalue weighted by Crippen LogP contribution is -2.34. The van der Waals surface area contributed by atoms with Crippen LogP contribution in [0.15, 0.2) is 66.3 Å². The number of hydrogen-bond acceptors (Lipinski definition) is 3. The molecule has 0 fully saturated rings. The van der Waals surface area contributed by atoms with E-state index in [4.69, 9.17) is 0 Å². The summed E-state index contributed by atoms with van der Waals surface area (Å²) in [6.07, 6.45) is 4.48. The van der Waals surface area contributed by atoms with Crippen LogP contribution in [0.5, 0.6) is 0 Å². The van der Waals surface area contributed by atoms with E-state index >= 15 is 0 Å². The molecule has 24 heavy (non-hydrogen) atoms. The van der Waals surface area contributed by atoms with Crippen molar-refractivity contribution in [3.8, 4) is 0 Å². The molecule has 3 aromatic rings. The Kier molecular flexibility index (Phi) is 5.43. The van der Waals surface area contributed by atoms with Gasteiger partial charge in [0.15, 0.2) is 0 Å². The molecule has 0 aliphatic heterocycles. The Balaban J connectivity index is 1.71. The number of hydrogen-bond donors (Lipinski definition) is 1. The Morgan fingerprint density at radius 2 is 2.04 bits per heavy atom. The maximum atomic E-state index is 12.7. The van der Waals surface area contributed by atoms with Gasteiger partial charge in [-0.3, -0.25) is 9.48 Å². The molecule has 0 aliphatic carbocycles. The van der Waals surface area contributed by atoms with E-state index in [1.165, 1.54) is 4.88 Å². The Morgan fingerprint density at radius 3 is 2.67 bits per heavy atom. The zero-order valence-electron chi connectivity index (χ0n) is 13.6. The summed E-state index contributed by atoms with van der Waals surface area (Å²) in [6.45, 7) is 2.58. The van der Waals surface area contributed by atoms with Gasteiger partial charge >= 0.3 is 0 Å². The van der Waals surface area contributed by atoms with Gasteiger partial charge in [0.1, 0.15) is 6.04 Å². The molecule has 0 radical (unpaired) electrons. The molecule has 3 rings (SSSR count). The summed E-state index contributed by atoms with van der Waals surface area (Å²) >= 11 is 1.68. The third-order valence-corrected chi connectivity index (χ3v) is 5.09. The number of benzene rings is 1. The van der Waals surface area contributed by atoms with E-state index in [1.807, 2.05) is 65.6 Å². The molecule has 5 heteroatoms. The van der Waals surface area contributed by atoms with Gasteiger partial charge in [-0.2, -0.15) is 5.10 Å². The van der Waals surface area contributed by atoms with Gasteiger partial charge in [-0.1, -0.05) is 43.3 Å². The zero-order chi connectivity index (χ0) is 16.8. The number of nitrogens with one attached hydrogen (secondary N) is 1. The summed E-state index contributed by atoms with van der Waals surface area (Å²) in [5.74, 6) is -0.0507. The number of carbonyl (C=O) groups excluding carboxylic acids is 1. The highest BCUT2D eigenvalue weighted by molar-refractivity contribution is 7.10. The lowest BCUT2D eigenvalue weighted by Gasteiger charge is -2.20. The van der Waals surface area contributed by atoms with Crippen molar-refractivity contribution >= 4 is 17.2 Å².